The summed E-state index contributed by atoms with van der Waals surface area (Å²) in [4.78, 5) is 0. The van der Waals surface area contributed by atoms with Crippen molar-refractivity contribution in [2.45, 2.75) is 0 Å². The number of hydrogen-bond acceptors (Lipinski definition) is 3. The second-order valence-corrected chi connectivity index (χ2v) is 14.2. The average Bonchev–Trinajstić information content (AvgIpc) is 2.94. The van der Waals surface area contributed by atoms with Gasteiger partial charge in [-0.1, -0.05) is 127 Å². The van der Waals surface area contributed by atoms with Gasteiger partial charge in [-0.25, -0.2) is 0 Å². The second kappa shape index (κ2) is 11.1. The molecule has 0 aromatic heterocycles. The van der Waals surface area contributed by atoms with E-state index >= 15 is 0 Å². The molecule has 5 rings (SSSR count). The van der Waals surface area contributed by atoms with Crippen LogP contribution in [0.15, 0.2) is 156 Å². The first-order chi connectivity index (χ1) is 17.7. The standard InChI is InChI=1S/C30H25NO2P2S/c36-35(32-26-16-6-1-7-17-26,33-27-18-8-2-9-19-27)31-34(28-20-10-3-11-21-28,29-22-12-4-13-23-29)30-24-14-5-15-25-30/h1-25H. The van der Waals surface area contributed by atoms with Gasteiger partial charge in [0.2, 0.25) is 0 Å². The van der Waals surface area contributed by atoms with Crippen molar-refractivity contribution in [2.24, 2.45) is 4.52 Å². The highest BCUT2D eigenvalue weighted by atomic mass is 32.5. The van der Waals surface area contributed by atoms with E-state index in [9.17, 15) is 0 Å². The van der Waals surface area contributed by atoms with Crippen molar-refractivity contribution in [3.05, 3.63) is 152 Å². The molecule has 6 heteroatoms. The van der Waals surface area contributed by atoms with Gasteiger partial charge in [0.1, 0.15) is 11.5 Å². The minimum Gasteiger partial charge on any atom is -0.419 e. The molecule has 0 fully saturated rings. The number of hydrogen-bond donors (Lipinski definition) is 0. The molecule has 36 heavy (non-hydrogen) atoms. The van der Waals surface area contributed by atoms with E-state index in [0.717, 1.165) is 15.9 Å². The topological polar surface area (TPSA) is 30.8 Å². The Morgan fingerprint density at radius 3 is 1.00 bits per heavy atom. The first-order valence-corrected chi connectivity index (χ1v) is 15.9. The molecular weight excluding hydrogens is 500 g/mol. The minimum absolute atomic E-state index is 0.632. The van der Waals surface area contributed by atoms with Gasteiger partial charge in [0.25, 0.3) is 0 Å². The van der Waals surface area contributed by atoms with Crippen molar-refractivity contribution in [2.75, 3.05) is 0 Å². The highest BCUT2D eigenvalue weighted by molar-refractivity contribution is 8.12. The van der Waals surface area contributed by atoms with Gasteiger partial charge in [0.15, 0.2) is 0 Å². The number of benzene rings is 5. The van der Waals surface area contributed by atoms with Crippen molar-refractivity contribution >= 4 is 41.4 Å². The maximum absolute atomic E-state index is 6.49. The molecule has 0 N–H and O–H groups in total. The van der Waals surface area contributed by atoms with Gasteiger partial charge in [0, 0.05) is 27.7 Å². The molecule has 0 saturated heterocycles. The van der Waals surface area contributed by atoms with E-state index in [1.54, 1.807) is 0 Å². The number of para-hydroxylation sites is 2. The maximum atomic E-state index is 6.49. The molecule has 3 nitrogen and oxygen atoms in total. The van der Waals surface area contributed by atoms with Crippen molar-refractivity contribution in [1.29, 1.82) is 0 Å². The summed E-state index contributed by atoms with van der Waals surface area (Å²) in [5.41, 5.74) is 0. The van der Waals surface area contributed by atoms with Gasteiger partial charge in [-0.15, -0.1) is 0 Å². The zero-order chi connectivity index (χ0) is 24.7. The summed E-state index contributed by atoms with van der Waals surface area (Å²) >= 11 is 6.24. The summed E-state index contributed by atoms with van der Waals surface area (Å²) in [5.74, 6) is 1.26. The fourth-order valence-corrected chi connectivity index (χ4v) is 11.8. The van der Waals surface area contributed by atoms with Crippen LogP contribution < -0.4 is 25.0 Å². The van der Waals surface area contributed by atoms with Gasteiger partial charge in [-0.2, -0.15) is 4.52 Å². The maximum Gasteiger partial charge on any atom is 0.413 e. The molecule has 0 atom stereocenters. The first kappa shape index (κ1) is 24.3. The van der Waals surface area contributed by atoms with Crippen molar-refractivity contribution in [3.8, 4) is 11.5 Å². The molecular formula is C30H25NO2P2S. The Balaban J connectivity index is 1.83. The summed E-state index contributed by atoms with van der Waals surface area (Å²) in [6, 6.07) is 50.2. The van der Waals surface area contributed by atoms with Crippen molar-refractivity contribution in [3.63, 3.8) is 0 Å². The molecule has 0 spiro atoms. The summed E-state index contributed by atoms with van der Waals surface area (Å²) in [5, 5.41) is 3.26. The quantitative estimate of drug-likeness (QED) is 0.196. The third kappa shape index (κ3) is 5.37. The summed E-state index contributed by atoms with van der Waals surface area (Å²) in [6.07, 6.45) is 0. The third-order valence-electron chi connectivity index (χ3n) is 5.56. The Hall–Kier alpha value is -3.42. The van der Waals surface area contributed by atoms with Gasteiger partial charge in [-0.05, 0) is 24.3 Å². The van der Waals surface area contributed by atoms with Crippen LogP contribution in [-0.4, -0.2) is 0 Å². The van der Waals surface area contributed by atoms with Gasteiger partial charge in [-0.3, -0.25) is 0 Å². The van der Waals surface area contributed by atoms with E-state index in [4.69, 9.17) is 25.4 Å². The molecule has 5 aromatic rings. The second-order valence-electron chi connectivity index (χ2n) is 8.01. The van der Waals surface area contributed by atoms with E-state index in [0.29, 0.717) is 11.5 Å². The molecule has 0 heterocycles. The highest BCUT2D eigenvalue weighted by Crippen LogP contribution is 2.61. The highest BCUT2D eigenvalue weighted by Gasteiger charge is 2.34. The predicted molar refractivity (Wildman–Crippen MR) is 156 cm³/mol. The van der Waals surface area contributed by atoms with Crippen molar-refractivity contribution < 1.29 is 9.05 Å². The largest absolute Gasteiger partial charge is 0.419 e. The van der Waals surface area contributed by atoms with Gasteiger partial charge >= 0.3 is 6.64 Å². The average molecular weight is 526 g/mol. The lowest BCUT2D eigenvalue weighted by Crippen LogP contribution is -2.25. The first-order valence-electron chi connectivity index (χ1n) is 11.6. The van der Waals surface area contributed by atoms with Crippen LogP contribution in [0.5, 0.6) is 11.5 Å². The number of rotatable bonds is 8. The smallest absolute Gasteiger partial charge is 0.413 e. The Morgan fingerprint density at radius 1 is 0.417 bits per heavy atom. The van der Waals surface area contributed by atoms with Crippen LogP contribution in [0.3, 0.4) is 0 Å². The molecule has 5 aromatic carbocycles. The van der Waals surface area contributed by atoms with Crippen LogP contribution in [0.2, 0.25) is 0 Å². The Morgan fingerprint density at radius 2 is 0.694 bits per heavy atom. The molecule has 0 bridgehead atoms. The van der Waals surface area contributed by atoms with Crippen LogP contribution in [0.1, 0.15) is 0 Å². The lowest BCUT2D eigenvalue weighted by atomic mass is 10.3. The molecule has 0 radical (unpaired) electrons. The summed E-state index contributed by atoms with van der Waals surface area (Å²) in [7, 11) is -2.63. The molecule has 178 valence electrons. The Kier molecular flexibility index (Phi) is 7.49. The Bertz CT molecular complexity index is 1350. The minimum atomic E-state index is -3.27. The number of nitrogens with zero attached hydrogens (tertiary/aromatic N) is 1. The zero-order valence-electron chi connectivity index (χ0n) is 19.5. The Labute approximate surface area is 217 Å². The van der Waals surface area contributed by atoms with Crippen LogP contribution in [0.25, 0.3) is 0 Å². The van der Waals surface area contributed by atoms with Crippen LogP contribution in [-0.2, 0) is 11.8 Å². The van der Waals surface area contributed by atoms with Crippen molar-refractivity contribution in [1.82, 2.24) is 0 Å². The van der Waals surface area contributed by atoms with E-state index in [-0.39, 0.29) is 0 Å². The molecule has 0 saturated carbocycles. The lowest BCUT2D eigenvalue weighted by molar-refractivity contribution is 0.489. The third-order valence-corrected chi connectivity index (χ3v) is 12.6. The molecule has 0 unspecified atom stereocenters. The normalized spacial score (nSPS) is 11.4. The summed E-state index contributed by atoms with van der Waals surface area (Å²) in [6.45, 7) is -3.27. The van der Waals surface area contributed by atoms with E-state index in [1.807, 2.05) is 115 Å². The van der Waals surface area contributed by atoms with Crippen LogP contribution in [0, 0.1) is 0 Å². The monoisotopic (exact) mass is 525 g/mol. The van der Waals surface area contributed by atoms with Crippen LogP contribution in [0.4, 0.5) is 0 Å². The van der Waals surface area contributed by atoms with E-state index in [2.05, 4.69) is 36.4 Å². The van der Waals surface area contributed by atoms with E-state index in [1.165, 1.54) is 0 Å². The van der Waals surface area contributed by atoms with Crippen LogP contribution >= 0.6 is 13.7 Å². The lowest BCUT2D eigenvalue weighted by Gasteiger charge is -2.30. The fourth-order valence-electron chi connectivity index (χ4n) is 3.98. The zero-order valence-corrected chi connectivity index (χ0v) is 22.1. The van der Waals surface area contributed by atoms with Gasteiger partial charge in [0.05, 0.1) is 7.05 Å². The SMILES string of the molecule is S=P(N=P(c1ccccc1)(c1ccccc1)c1ccccc1)(Oc1ccccc1)Oc1ccccc1. The summed E-state index contributed by atoms with van der Waals surface area (Å²) < 4.78 is 18.5. The van der Waals surface area contributed by atoms with Gasteiger partial charge < -0.3 is 9.05 Å². The predicted octanol–water partition coefficient (Wildman–Crippen LogP) is 7.55. The molecule has 0 aliphatic rings. The molecule has 0 amide bonds. The molecule has 0 aliphatic heterocycles. The molecule has 0 aliphatic carbocycles. The fraction of sp³-hybridized carbons (Fsp3) is 0. The van der Waals surface area contributed by atoms with E-state index < -0.39 is 13.7 Å².